The van der Waals surface area contributed by atoms with Crippen molar-refractivity contribution in [3.8, 4) is 5.69 Å². The van der Waals surface area contributed by atoms with Crippen LogP contribution in [-0.2, 0) is 10.9 Å². The number of aliphatic hydroxyl groups is 1. The van der Waals surface area contributed by atoms with Crippen LogP contribution < -0.4 is 10.2 Å². The van der Waals surface area contributed by atoms with E-state index in [1.54, 1.807) is 19.4 Å². The van der Waals surface area contributed by atoms with Crippen LogP contribution >= 0.6 is 0 Å². The van der Waals surface area contributed by atoms with Crippen LogP contribution in [0.2, 0.25) is 0 Å². The SMILES string of the molecule is COC1CC(Nc2nc(N3CCC(C(C)(C)O)CC3)c3cnn(-c4cccc(C(F)(F)F)c4)c3n2)C1. The fraction of sp³-hybridized carbons (Fsp3) is 0.560. The molecule has 2 N–H and O–H groups in total. The molecule has 1 saturated carbocycles. The summed E-state index contributed by atoms with van der Waals surface area (Å²) < 4.78 is 46.9. The van der Waals surface area contributed by atoms with Gasteiger partial charge in [0.25, 0.3) is 0 Å². The van der Waals surface area contributed by atoms with Crippen LogP contribution in [0.5, 0.6) is 0 Å². The van der Waals surface area contributed by atoms with Gasteiger partial charge in [-0.25, -0.2) is 4.68 Å². The highest BCUT2D eigenvalue weighted by Gasteiger charge is 2.34. The van der Waals surface area contributed by atoms with Crippen LogP contribution in [0.25, 0.3) is 16.7 Å². The zero-order valence-electron chi connectivity index (χ0n) is 20.6. The molecule has 1 saturated heterocycles. The Bertz CT molecular complexity index is 1220. The van der Waals surface area contributed by atoms with Crippen molar-refractivity contribution in [2.45, 2.75) is 63.5 Å². The molecule has 0 spiro atoms. The Hall–Kier alpha value is -2.92. The molecule has 1 aliphatic carbocycles. The number of anilines is 2. The molecule has 5 rings (SSSR count). The molecular formula is C25H31F3N6O2. The number of piperidine rings is 1. The van der Waals surface area contributed by atoms with Gasteiger partial charge in [0.05, 0.1) is 34.5 Å². The normalized spacial score (nSPS) is 21.6. The van der Waals surface area contributed by atoms with E-state index in [0.717, 1.165) is 37.8 Å². The van der Waals surface area contributed by atoms with E-state index in [1.807, 2.05) is 13.8 Å². The minimum Gasteiger partial charge on any atom is -0.390 e. The Morgan fingerprint density at radius 2 is 1.83 bits per heavy atom. The highest BCUT2D eigenvalue weighted by molar-refractivity contribution is 5.89. The Morgan fingerprint density at radius 3 is 2.47 bits per heavy atom. The number of ether oxygens (including phenoxy) is 1. The molecule has 3 aromatic rings. The van der Waals surface area contributed by atoms with E-state index in [0.29, 0.717) is 35.9 Å². The standard InChI is InChI=1S/C25H31F3N6O2/c1-24(2,35)15-7-9-33(10-8-15)21-20-14-29-34(18-6-4-5-16(11-18)25(26,27)28)22(20)32-23(31-21)30-17-12-19(13-17)36-3/h4-6,11,14-15,17,19,35H,7-10,12-13H2,1-3H3,(H,30,31,32). The summed E-state index contributed by atoms with van der Waals surface area (Å²) in [6.07, 6.45) is 0.616. The molecule has 194 valence electrons. The van der Waals surface area contributed by atoms with Gasteiger partial charge in [0.2, 0.25) is 5.95 Å². The molecule has 0 bridgehead atoms. The van der Waals surface area contributed by atoms with Gasteiger partial charge in [-0.2, -0.15) is 28.2 Å². The molecule has 2 fully saturated rings. The van der Waals surface area contributed by atoms with E-state index in [-0.39, 0.29) is 23.8 Å². The second-order valence-corrected chi connectivity index (χ2v) is 10.3. The summed E-state index contributed by atoms with van der Waals surface area (Å²) in [4.78, 5) is 11.6. The van der Waals surface area contributed by atoms with Crippen LogP contribution in [0.4, 0.5) is 24.9 Å². The van der Waals surface area contributed by atoms with Gasteiger partial charge in [-0.15, -0.1) is 0 Å². The zero-order valence-corrected chi connectivity index (χ0v) is 20.6. The number of methoxy groups -OCH3 is 1. The molecule has 11 heteroatoms. The summed E-state index contributed by atoms with van der Waals surface area (Å²) in [7, 11) is 1.69. The van der Waals surface area contributed by atoms with Gasteiger partial charge in [-0.1, -0.05) is 6.07 Å². The van der Waals surface area contributed by atoms with Gasteiger partial charge < -0.3 is 20.1 Å². The maximum absolute atomic E-state index is 13.4. The van der Waals surface area contributed by atoms with E-state index in [1.165, 1.54) is 10.7 Å². The van der Waals surface area contributed by atoms with E-state index in [2.05, 4.69) is 20.3 Å². The monoisotopic (exact) mass is 504 g/mol. The van der Waals surface area contributed by atoms with Crippen molar-refractivity contribution in [1.82, 2.24) is 19.7 Å². The van der Waals surface area contributed by atoms with Gasteiger partial charge in [-0.3, -0.25) is 0 Å². The van der Waals surface area contributed by atoms with Gasteiger partial charge in [-0.05, 0) is 63.6 Å². The summed E-state index contributed by atoms with van der Waals surface area (Å²) in [5, 5.41) is 18.9. The van der Waals surface area contributed by atoms with Crippen molar-refractivity contribution < 1.29 is 23.0 Å². The van der Waals surface area contributed by atoms with Crippen molar-refractivity contribution in [2.75, 3.05) is 30.4 Å². The number of alkyl halides is 3. The Balaban J connectivity index is 1.52. The van der Waals surface area contributed by atoms with E-state index in [4.69, 9.17) is 9.72 Å². The fourth-order valence-corrected chi connectivity index (χ4v) is 5.06. The third kappa shape index (κ3) is 4.86. The molecule has 1 aromatic carbocycles. The minimum absolute atomic E-state index is 0.158. The number of hydrogen-bond acceptors (Lipinski definition) is 7. The second kappa shape index (κ2) is 9.19. The summed E-state index contributed by atoms with van der Waals surface area (Å²) in [6.45, 7) is 5.07. The fourth-order valence-electron chi connectivity index (χ4n) is 5.06. The highest BCUT2D eigenvalue weighted by atomic mass is 19.4. The Kier molecular flexibility index (Phi) is 6.32. The lowest BCUT2D eigenvalue weighted by molar-refractivity contribution is -0.137. The maximum atomic E-state index is 13.4. The van der Waals surface area contributed by atoms with Gasteiger partial charge in [0.1, 0.15) is 5.82 Å². The van der Waals surface area contributed by atoms with Crippen molar-refractivity contribution in [2.24, 2.45) is 5.92 Å². The number of aromatic nitrogens is 4. The molecule has 0 atom stereocenters. The molecule has 2 aliphatic rings. The lowest BCUT2D eigenvalue weighted by Crippen LogP contribution is -2.42. The average Bonchev–Trinajstić information content (AvgIpc) is 3.23. The Morgan fingerprint density at radius 1 is 1.11 bits per heavy atom. The zero-order chi connectivity index (χ0) is 25.7. The first-order valence-corrected chi connectivity index (χ1v) is 12.2. The average molecular weight is 505 g/mol. The number of nitrogens with one attached hydrogen (secondary N) is 1. The van der Waals surface area contributed by atoms with Gasteiger partial charge in [0.15, 0.2) is 5.65 Å². The lowest BCUT2D eigenvalue weighted by atomic mass is 9.83. The van der Waals surface area contributed by atoms with Crippen molar-refractivity contribution >= 4 is 22.8 Å². The van der Waals surface area contributed by atoms with Crippen molar-refractivity contribution in [3.05, 3.63) is 36.0 Å². The third-order valence-electron chi connectivity index (χ3n) is 7.38. The lowest BCUT2D eigenvalue weighted by Gasteiger charge is -2.38. The second-order valence-electron chi connectivity index (χ2n) is 10.3. The van der Waals surface area contributed by atoms with Crippen LogP contribution in [-0.4, -0.2) is 62.8 Å². The quantitative estimate of drug-likeness (QED) is 0.514. The molecule has 8 nitrogen and oxygen atoms in total. The molecule has 0 amide bonds. The van der Waals surface area contributed by atoms with Gasteiger partial charge >= 0.3 is 6.18 Å². The van der Waals surface area contributed by atoms with Crippen molar-refractivity contribution in [1.29, 1.82) is 0 Å². The molecule has 36 heavy (non-hydrogen) atoms. The smallest absolute Gasteiger partial charge is 0.390 e. The number of hydrogen-bond donors (Lipinski definition) is 2. The summed E-state index contributed by atoms with van der Waals surface area (Å²) in [5.74, 6) is 1.28. The number of rotatable bonds is 6. The molecular weight excluding hydrogens is 473 g/mol. The van der Waals surface area contributed by atoms with Crippen LogP contribution in [0.3, 0.4) is 0 Å². The summed E-state index contributed by atoms with van der Waals surface area (Å²) in [6, 6.07) is 5.23. The maximum Gasteiger partial charge on any atom is 0.416 e. The Labute approximate surface area is 207 Å². The van der Waals surface area contributed by atoms with Gasteiger partial charge in [0, 0.05) is 26.2 Å². The summed E-state index contributed by atoms with van der Waals surface area (Å²) in [5.41, 5.74) is -0.783. The number of benzene rings is 1. The van der Waals surface area contributed by atoms with Crippen LogP contribution in [0, 0.1) is 5.92 Å². The van der Waals surface area contributed by atoms with E-state index < -0.39 is 17.3 Å². The largest absolute Gasteiger partial charge is 0.416 e. The highest BCUT2D eigenvalue weighted by Crippen LogP contribution is 2.35. The molecule has 1 aliphatic heterocycles. The number of fused-ring (bicyclic) bond motifs is 1. The predicted molar refractivity (Wildman–Crippen MR) is 130 cm³/mol. The van der Waals surface area contributed by atoms with E-state index in [9.17, 15) is 18.3 Å². The minimum atomic E-state index is -4.46. The predicted octanol–water partition coefficient (Wildman–Crippen LogP) is 4.41. The molecule has 2 aromatic heterocycles. The van der Waals surface area contributed by atoms with E-state index >= 15 is 0 Å². The van der Waals surface area contributed by atoms with Crippen LogP contribution in [0.1, 0.15) is 45.1 Å². The summed E-state index contributed by atoms with van der Waals surface area (Å²) >= 11 is 0. The number of halogens is 3. The topological polar surface area (TPSA) is 88.3 Å². The first kappa shape index (κ1) is 24.8. The third-order valence-corrected chi connectivity index (χ3v) is 7.38. The first-order chi connectivity index (χ1) is 17.0. The van der Waals surface area contributed by atoms with Crippen LogP contribution in [0.15, 0.2) is 30.5 Å². The van der Waals surface area contributed by atoms with Crippen molar-refractivity contribution in [3.63, 3.8) is 0 Å². The number of nitrogens with zero attached hydrogens (tertiary/aromatic N) is 5. The molecule has 3 heterocycles. The molecule has 0 unspecified atom stereocenters. The molecule has 0 radical (unpaired) electrons. The first-order valence-electron chi connectivity index (χ1n) is 12.2.